The zero-order chi connectivity index (χ0) is 19.9. The van der Waals surface area contributed by atoms with Gasteiger partial charge in [0.05, 0.1) is 6.10 Å². The van der Waals surface area contributed by atoms with E-state index in [9.17, 15) is 5.11 Å². The van der Waals surface area contributed by atoms with Crippen molar-refractivity contribution < 1.29 is 5.11 Å². The first kappa shape index (κ1) is 20.7. The molecule has 0 aliphatic rings. The van der Waals surface area contributed by atoms with E-state index in [-0.39, 0.29) is 6.04 Å². The van der Waals surface area contributed by atoms with Crippen LogP contribution in [-0.2, 0) is 0 Å². The second-order valence-electron chi connectivity index (χ2n) is 7.53. The molecule has 0 saturated heterocycles. The molecular formula is C25H30NOP. The van der Waals surface area contributed by atoms with Crippen molar-refractivity contribution in [3.05, 3.63) is 90.0 Å². The quantitative estimate of drug-likeness (QED) is 0.501. The molecular weight excluding hydrogens is 361 g/mol. The lowest BCUT2D eigenvalue weighted by Crippen LogP contribution is -2.32. The molecule has 0 spiro atoms. The van der Waals surface area contributed by atoms with Crippen molar-refractivity contribution in [1.82, 2.24) is 5.32 Å². The Hall–Kier alpha value is -1.99. The van der Waals surface area contributed by atoms with Gasteiger partial charge in [-0.3, -0.25) is 0 Å². The first-order valence-corrected chi connectivity index (χ1v) is 11.2. The average Bonchev–Trinajstić information content (AvgIpc) is 2.74. The van der Waals surface area contributed by atoms with Gasteiger partial charge in [-0.2, -0.15) is 0 Å². The first-order chi connectivity index (χ1) is 13.6. The molecule has 2 N–H and O–H groups in total. The van der Waals surface area contributed by atoms with Crippen LogP contribution in [0.3, 0.4) is 0 Å². The molecule has 146 valence electrons. The minimum atomic E-state index is -0.496. The maximum absolute atomic E-state index is 10.5. The van der Waals surface area contributed by atoms with Gasteiger partial charge >= 0.3 is 0 Å². The van der Waals surface area contributed by atoms with E-state index in [1.54, 1.807) is 0 Å². The number of aliphatic hydroxyl groups excluding tert-OH is 1. The van der Waals surface area contributed by atoms with Crippen LogP contribution >= 0.6 is 8.58 Å². The monoisotopic (exact) mass is 391 g/mol. The Kier molecular flexibility index (Phi) is 7.39. The largest absolute Gasteiger partial charge is 0.387 e. The van der Waals surface area contributed by atoms with Gasteiger partial charge in [-0.1, -0.05) is 101 Å². The van der Waals surface area contributed by atoms with Crippen LogP contribution in [0, 0.1) is 0 Å². The Morgan fingerprint density at radius 2 is 1.50 bits per heavy atom. The lowest BCUT2D eigenvalue weighted by atomic mass is 9.97. The van der Waals surface area contributed by atoms with Crippen LogP contribution < -0.4 is 10.6 Å². The Morgan fingerprint density at radius 3 is 2.25 bits per heavy atom. The van der Waals surface area contributed by atoms with Crippen molar-refractivity contribution >= 4 is 13.9 Å². The van der Waals surface area contributed by atoms with E-state index in [2.05, 4.69) is 67.7 Å². The highest BCUT2D eigenvalue weighted by Gasteiger charge is 2.15. The number of nitrogens with one attached hydrogen (secondary N) is 1. The molecule has 0 saturated carbocycles. The third-order valence-electron chi connectivity index (χ3n) is 5.11. The third-order valence-corrected chi connectivity index (χ3v) is 6.31. The molecule has 3 heteroatoms. The SMILES string of the molecule is CC(C)c1cccc(-c2ccccc2PCN[C@@H](C)[C@H](O)c2ccccc2)c1. The molecule has 3 aromatic carbocycles. The fourth-order valence-corrected chi connectivity index (χ4v) is 4.56. The highest BCUT2D eigenvalue weighted by atomic mass is 31.1. The second kappa shape index (κ2) is 9.98. The third kappa shape index (κ3) is 5.29. The Morgan fingerprint density at radius 1 is 0.821 bits per heavy atom. The smallest absolute Gasteiger partial charge is 0.0940 e. The maximum atomic E-state index is 10.5. The molecule has 28 heavy (non-hydrogen) atoms. The summed E-state index contributed by atoms with van der Waals surface area (Å²) in [5.41, 5.74) is 4.91. The minimum Gasteiger partial charge on any atom is -0.387 e. The standard InChI is InChI=1S/C25H30NOP/c1-18(2)21-12-9-13-22(16-21)23-14-7-8-15-24(23)28-17-26-19(3)25(27)20-10-5-4-6-11-20/h4-16,18-19,25-28H,17H2,1-3H3/t19-,25-/m0/s1. The van der Waals surface area contributed by atoms with Gasteiger partial charge in [0.15, 0.2) is 0 Å². The van der Waals surface area contributed by atoms with E-state index in [1.165, 1.54) is 22.0 Å². The normalized spacial score (nSPS) is 13.9. The first-order valence-electron chi connectivity index (χ1n) is 9.96. The lowest BCUT2D eigenvalue weighted by molar-refractivity contribution is 0.139. The fourth-order valence-electron chi connectivity index (χ4n) is 3.31. The van der Waals surface area contributed by atoms with E-state index in [0.29, 0.717) is 14.5 Å². The van der Waals surface area contributed by atoms with Gasteiger partial charge in [0.2, 0.25) is 0 Å². The molecule has 3 rings (SSSR count). The summed E-state index contributed by atoms with van der Waals surface area (Å²) in [5, 5.41) is 15.4. The van der Waals surface area contributed by atoms with E-state index >= 15 is 0 Å². The van der Waals surface area contributed by atoms with Gasteiger partial charge in [-0.05, 0) is 40.4 Å². The Bertz CT molecular complexity index is 878. The van der Waals surface area contributed by atoms with Gasteiger partial charge in [0.25, 0.3) is 0 Å². The van der Waals surface area contributed by atoms with Crippen molar-refractivity contribution in [3.63, 3.8) is 0 Å². The van der Waals surface area contributed by atoms with Crippen LogP contribution in [0.5, 0.6) is 0 Å². The molecule has 0 aromatic heterocycles. The van der Waals surface area contributed by atoms with Crippen molar-refractivity contribution in [2.45, 2.75) is 38.8 Å². The van der Waals surface area contributed by atoms with Gasteiger partial charge < -0.3 is 10.4 Å². The van der Waals surface area contributed by atoms with Crippen LogP contribution in [0.4, 0.5) is 0 Å². The van der Waals surface area contributed by atoms with Crippen molar-refractivity contribution in [2.75, 3.05) is 6.29 Å². The fraction of sp³-hybridized carbons (Fsp3) is 0.280. The summed E-state index contributed by atoms with van der Waals surface area (Å²) >= 11 is 0. The topological polar surface area (TPSA) is 32.3 Å². The van der Waals surface area contributed by atoms with E-state index in [4.69, 9.17) is 0 Å². The molecule has 0 radical (unpaired) electrons. The average molecular weight is 391 g/mol. The summed E-state index contributed by atoms with van der Waals surface area (Å²) in [6, 6.07) is 27.4. The molecule has 3 aromatic rings. The van der Waals surface area contributed by atoms with E-state index < -0.39 is 6.10 Å². The zero-order valence-corrected chi connectivity index (χ0v) is 17.9. The van der Waals surface area contributed by atoms with Gasteiger partial charge in [-0.25, -0.2) is 0 Å². The molecule has 0 heterocycles. The maximum Gasteiger partial charge on any atom is 0.0940 e. The van der Waals surface area contributed by atoms with Gasteiger partial charge in [-0.15, -0.1) is 0 Å². The molecule has 3 atom stereocenters. The summed E-state index contributed by atoms with van der Waals surface area (Å²) in [6.45, 7) is 6.51. The number of hydrogen-bond acceptors (Lipinski definition) is 2. The molecule has 2 nitrogen and oxygen atoms in total. The van der Waals surface area contributed by atoms with Crippen LogP contribution in [0.1, 0.15) is 43.9 Å². The van der Waals surface area contributed by atoms with Crippen molar-refractivity contribution in [1.29, 1.82) is 0 Å². The lowest BCUT2D eigenvalue weighted by Gasteiger charge is -2.21. The Labute approximate surface area is 170 Å². The molecule has 0 aliphatic carbocycles. The number of benzene rings is 3. The number of hydrogen-bond donors (Lipinski definition) is 2. The van der Waals surface area contributed by atoms with Crippen LogP contribution in [-0.4, -0.2) is 17.4 Å². The Balaban J connectivity index is 1.66. The van der Waals surface area contributed by atoms with Gasteiger partial charge in [0, 0.05) is 12.3 Å². The van der Waals surface area contributed by atoms with Crippen molar-refractivity contribution in [2.24, 2.45) is 0 Å². The molecule has 0 fully saturated rings. The molecule has 0 bridgehead atoms. The molecule has 0 amide bonds. The molecule has 0 aliphatic heterocycles. The van der Waals surface area contributed by atoms with E-state index in [1.807, 2.05) is 37.3 Å². The predicted molar refractivity (Wildman–Crippen MR) is 123 cm³/mol. The highest BCUT2D eigenvalue weighted by molar-refractivity contribution is 7.47. The summed E-state index contributed by atoms with van der Waals surface area (Å²) in [5.74, 6) is 0.525. The molecule has 1 unspecified atom stereocenters. The summed E-state index contributed by atoms with van der Waals surface area (Å²) in [7, 11) is 0.641. The van der Waals surface area contributed by atoms with E-state index in [0.717, 1.165) is 11.8 Å². The second-order valence-corrected chi connectivity index (χ2v) is 8.77. The van der Waals surface area contributed by atoms with Crippen molar-refractivity contribution in [3.8, 4) is 11.1 Å². The van der Waals surface area contributed by atoms with Crippen LogP contribution in [0.25, 0.3) is 11.1 Å². The van der Waals surface area contributed by atoms with Gasteiger partial charge in [0.1, 0.15) is 0 Å². The summed E-state index contributed by atoms with van der Waals surface area (Å²) in [4.78, 5) is 0. The summed E-state index contributed by atoms with van der Waals surface area (Å²) < 4.78 is 0. The minimum absolute atomic E-state index is 0.00586. The van der Waals surface area contributed by atoms with Crippen LogP contribution in [0.15, 0.2) is 78.9 Å². The zero-order valence-electron chi connectivity index (χ0n) is 16.9. The number of rotatable bonds is 8. The van der Waals surface area contributed by atoms with Crippen LogP contribution in [0.2, 0.25) is 0 Å². The highest BCUT2D eigenvalue weighted by Crippen LogP contribution is 2.26. The number of aliphatic hydroxyl groups is 1. The summed E-state index contributed by atoms with van der Waals surface area (Å²) in [6.07, 6.45) is 0.357. The predicted octanol–water partition coefficient (Wildman–Crippen LogP) is 5.45.